The maximum atomic E-state index is 4.06. The first-order valence-corrected chi connectivity index (χ1v) is 3.89. The number of hydrogen-bond acceptors (Lipinski definition) is 1. The van der Waals surface area contributed by atoms with Crippen molar-refractivity contribution in [1.29, 1.82) is 0 Å². The van der Waals surface area contributed by atoms with E-state index in [1.807, 2.05) is 24.3 Å². The van der Waals surface area contributed by atoms with Crippen molar-refractivity contribution in [1.82, 2.24) is 0 Å². The Bertz CT molecular complexity index is 201. The maximum Gasteiger partial charge on any atom is 0.00858 e. The van der Waals surface area contributed by atoms with Gasteiger partial charge in [-0.3, -0.25) is 0 Å². The first-order chi connectivity index (χ1) is 4.93. The van der Waals surface area contributed by atoms with Crippen molar-refractivity contribution in [3.8, 4) is 0 Å². The third kappa shape index (κ3) is 2.28. The first kappa shape index (κ1) is 7.42. The molecule has 0 unspecified atom stereocenters. The van der Waals surface area contributed by atoms with Gasteiger partial charge in [-0.25, -0.2) is 0 Å². The van der Waals surface area contributed by atoms with Crippen LogP contribution in [0.2, 0.25) is 0 Å². The Labute approximate surface area is 67.0 Å². The van der Waals surface area contributed by atoms with Gasteiger partial charge in [-0.15, -0.1) is 0 Å². The third-order valence-corrected chi connectivity index (χ3v) is 1.43. The lowest BCUT2D eigenvalue weighted by Crippen LogP contribution is -1.68. The molecule has 1 aromatic rings. The van der Waals surface area contributed by atoms with Gasteiger partial charge in [0, 0.05) is 5.75 Å². The van der Waals surface area contributed by atoms with Crippen molar-refractivity contribution >= 4 is 18.7 Å². The van der Waals surface area contributed by atoms with Gasteiger partial charge in [0.1, 0.15) is 0 Å². The normalized spacial score (nSPS) is 10.5. The van der Waals surface area contributed by atoms with Gasteiger partial charge < -0.3 is 0 Å². The monoisotopic (exact) mass is 150 g/mol. The Morgan fingerprint density at radius 2 is 1.90 bits per heavy atom. The number of hydrogen-bond donors (Lipinski definition) is 1. The molecule has 0 atom stereocenters. The summed E-state index contributed by atoms with van der Waals surface area (Å²) in [6.07, 6.45) is 4.09. The van der Waals surface area contributed by atoms with Crippen LogP contribution in [0.15, 0.2) is 36.4 Å². The van der Waals surface area contributed by atoms with Crippen molar-refractivity contribution in [2.75, 3.05) is 5.75 Å². The zero-order valence-corrected chi connectivity index (χ0v) is 6.59. The molecule has 1 heteroatoms. The Morgan fingerprint density at radius 1 is 1.20 bits per heavy atom. The van der Waals surface area contributed by atoms with Crippen LogP contribution in [0.25, 0.3) is 6.08 Å². The quantitative estimate of drug-likeness (QED) is 0.615. The molecule has 0 saturated carbocycles. The van der Waals surface area contributed by atoms with Crippen LogP contribution in [0.3, 0.4) is 0 Å². The van der Waals surface area contributed by atoms with Crippen molar-refractivity contribution in [3.63, 3.8) is 0 Å². The molecular weight excluding hydrogens is 140 g/mol. The molecule has 0 bridgehead atoms. The van der Waals surface area contributed by atoms with Gasteiger partial charge in [-0.1, -0.05) is 42.5 Å². The zero-order chi connectivity index (χ0) is 7.23. The van der Waals surface area contributed by atoms with Crippen molar-refractivity contribution in [2.45, 2.75) is 0 Å². The smallest absolute Gasteiger partial charge is 0.00858 e. The second-order valence-corrected chi connectivity index (χ2v) is 2.36. The molecule has 10 heavy (non-hydrogen) atoms. The molecule has 0 heterocycles. The fourth-order valence-corrected chi connectivity index (χ4v) is 0.858. The minimum absolute atomic E-state index is 0.800. The lowest BCUT2D eigenvalue weighted by Gasteiger charge is -1.88. The van der Waals surface area contributed by atoms with Gasteiger partial charge in [0.15, 0.2) is 0 Å². The number of rotatable bonds is 2. The molecule has 0 aromatic heterocycles. The molecular formula is C9H10S. The van der Waals surface area contributed by atoms with Crippen LogP contribution >= 0.6 is 12.6 Å². The summed E-state index contributed by atoms with van der Waals surface area (Å²) in [5.41, 5.74) is 1.23. The second kappa shape index (κ2) is 4.18. The van der Waals surface area contributed by atoms with Gasteiger partial charge in [0.25, 0.3) is 0 Å². The van der Waals surface area contributed by atoms with E-state index < -0.39 is 0 Å². The molecule has 0 fully saturated rings. The van der Waals surface area contributed by atoms with E-state index in [-0.39, 0.29) is 0 Å². The summed E-state index contributed by atoms with van der Waals surface area (Å²) in [5, 5.41) is 0. The van der Waals surface area contributed by atoms with Gasteiger partial charge in [-0.05, 0) is 5.56 Å². The van der Waals surface area contributed by atoms with Gasteiger partial charge in [-0.2, -0.15) is 12.6 Å². The molecule has 0 aliphatic carbocycles. The fourth-order valence-electron chi connectivity index (χ4n) is 0.753. The molecule has 0 aliphatic heterocycles. The molecule has 1 aromatic carbocycles. The third-order valence-electron chi connectivity index (χ3n) is 1.22. The minimum atomic E-state index is 0.800. The van der Waals surface area contributed by atoms with Gasteiger partial charge in [0.2, 0.25) is 0 Å². The molecule has 0 nitrogen and oxygen atoms in total. The topological polar surface area (TPSA) is 0 Å². The summed E-state index contributed by atoms with van der Waals surface area (Å²) in [6, 6.07) is 10.2. The molecule has 0 radical (unpaired) electrons. The first-order valence-electron chi connectivity index (χ1n) is 3.26. The van der Waals surface area contributed by atoms with Crippen LogP contribution in [-0.2, 0) is 0 Å². The van der Waals surface area contributed by atoms with Crippen LogP contribution in [0.1, 0.15) is 5.56 Å². The van der Waals surface area contributed by atoms with Crippen molar-refractivity contribution < 1.29 is 0 Å². The summed E-state index contributed by atoms with van der Waals surface area (Å²) in [6.45, 7) is 0. The second-order valence-electron chi connectivity index (χ2n) is 2.00. The SMILES string of the molecule is SCC=Cc1ccccc1. The van der Waals surface area contributed by atoms with Crippen LogP contribution in [-0.4, -0.2) is 5.75 Å². The molecule has 1 rings (SSSR count). The largest absolute Gasteiger partial charge is 0.175 e. The van der Waals surface area contributed by atoms with Crippen LogP contribution < -0.4 is 0 Å². The van der Waals surface area contributed by atoms with E-state index in [0.29, 0.717) is 0 Å². The summed E-state index contributed by atoms with van der Waals surface area (Å²) in [7, 11) is 0. The fraction of sp³-hybridized carbons (Fsp3) is 0.111. The number of benzene rings is 1. The average Bonchev–Trinajstić information content (AvgIpc) is 2.03. The Kier molecular flexibility index (Phi) is 3.10. The Hall–Kier alpha value is -0.690. The summed E-state index contributed by atoms with van der Waals surface area (Å²) in [4.78, 5) is 0. The maximum absolute atomic E-state index is 4.06. The predicted octanol–water partition coefficient (Wildman–Crippen LogP) is 2.63. The summed E-state index contributed by atoms with van der Waals surface area (Å²) < 4.78 is 0. The number of thiol groups is 1. The van der Waals surface area contributed by atoms with Crippen LogP contribution in [0, 0.1) is 0 Å². The molecule has 0 spiro atoms. The minimum Gasteiger partial charge on any atom is -0.175 e. The molecule has 0 N–H and O–H groups in total. The summed E-state index contributed by atoms with van der Waals surface area (Å²) >= 11 is 4.06. The molecule has 0 saturated heterocycles. The average molecular weight is 150 g/mol. The van der Waals surface area contributed by atoms with Crippen LogP contribution in [0.5, 0.6) is 0 Å². The molecule has 52 valence electrons. The highest BCUT2D eigenvalue weighted by atomic mass is 32.1. The Balaban J connectivity index is 2.67. The highest BCUT2D eigenvalue weighted by Crippen LogP contribution is 2.00. The van der Waals surface area contributed by atoms with Crippen molar-refractivity contribution in [2.24, 2.45) is 0 Å². The van der Waals surface area contributed by atoms with E-state index in [2.05, 4.69) is 30.8 Å². The highest BCUT2D eigenvalue weighted by Gasteiger charge is 1.79. The lowest BCUT2D eigenvalue weighted by molar-refractivity contribution is 1.65. The van der Waals surface area contributed by atoms with Gasteiger partial charge >= 0.3 is 0 Å². The zero-order valence-electron chi connectivity index (χ0n) is 5.70. The van der Waals surface area contributed by atoms with Crippen molar-refractivity contribution in [3.05, 3.63) is 42.0 Å². The van der Waals surface area contributed by atoms with E-state index in [1.54, 1.807) is 0 Å². The van der Waals surface area contributed by atoms with Crippen LogP contribution in [0.4, 0.5) is 0 Å². The van der Waals surface area contributed by atoms with E-state index in [9.17, 15) is 0 Å². The molecule has 0 aliphatic rings. The standard InChI is InChI=1S/C9H10S/c10-8-4-7-9-5-2-1-3-6-9/h1-7,10H,8H2. The highest BCUT2D eigenvalue weighted by molar-refractivity contribution is 7.80. The predicted molar refractivity (Wildman–Crippen MR) is 49.3 cm³/mol. The van der Waals surface area contributed by atoms with E-state index in [0.717, 1.165) is 5.75 Å². The van der Waals surface area contributed by atoms with E-state index >= 15 is 0 Å². The Morgan fingerprint density at radius 3 is 2.50 bits per heavy atom. The summed E-state index contributed by atoms with van der Waals surface area (Å²) in [5.74, 6) is 0.800. The van der Waals surface area contributed by atoms with E-state index in [1.165, 1.54) is 5.56 Å². The molecule has 0 amide bonds. The van der Waals surface area contributed by atoms with E-state index in [4.69, 9.17) is 0 Å². The lowest BCUT2D eigenvalue weighted by atomic mass is 10.2. The van der Waals surface area contributed by atoms with Gasteiger partial charge in [0.05, 0.1) is 0 Å².